The van der Waals surface area contributed by atoms with Crippen LogP contribution in [0.3, 0.4) is 0 Å². The van der Waals surface area contributed by atoms with Crippen molar-refractivity contribution in [3.05, 3.63) is 180 Å². The smallest absolute Gasteiger partial charge is 0.0980 e. The van der Waals surface area contributed by atoms with Gasteiger partial charge < -0.3 is 9.80 Å². The largest absolute Gasteiger partial charge is 0.310 e. The van der Waals surface area contributed by atoms with Crippen molar-refractivity contribution >= 4 is 99.3 Å². The normalized spacial score (nSPS) is 11.9. The van der Waals surface area contributed by atoms with Crippen LogP contribution >= 0.6 is 0 Å². The van der Waals surface area contributed by atoms with Crippen molar-refractivity contribution in [3.63, 3.8) is 0 Å². The Kier molecular flexibility index (Phi) is 7.08. The Balaban J connectivity index is 1.14. The van der Waals surface area contributed by atoms with Gasteiger partial charge in [-0.25, -0.2) is 9.97 Å². The van der Waals surface area contributed by atoms with Crippen LogP contribution in [-0.2, 0) is 0 Å². The third-order valence-corrected chi connectivity index (χ3v) is 11.6. The van der Waals surface area contributed by atoms with E-state index in [1.165, 1.54) is 43.8 Å². The Labute approximate surface area is 325 Å². The predicted molar refractivity (Wildman–Crippen MR) is 238 cm³/mol. The van der Waals surface area contributed by atoms with Crippen LogP contribution in [0.4, 0.5) is 34.1 Å². The molecule has 0 unspecified atom stereocenters. The van der Waals surface area contributed by atoms with Crippen molar-refractivity contribution in [1.29, 1.82) is 0 Å². The van der Waals surface area contributed by atoms with Gasteiger partial charge in [0.05, 0.1) is 33.4 Å². The summed E-state index contributed by atoms with van der Waals surface area (Å²) >= 11 is 0. The summed E-state index contributed by atoms with van der Waals surface area (Å²) in [4.78, 5) is 15.8. The predicted octanol–water partition coefficient (Wildman–Crippen LogP) is 14.4. The molecule has 56 heavy (non-hydrogen) atoms. The Morgan fingerprint density at radius 1 is 0.286 bits per heavy atom. The fraction of sp³-hybridized carbons (Fsp3) is 0.0769. The van der Waals surface area contributed by atoms with E-state index in [0.29, 0.717) is 0 Å². The topological polar surface area (TPSA) is 32.3 Å². The van der Waals surface area contributed by atoms with Gasteiger partial charge in [-0.3, -0.25) is 0 Å². The van der Waals surface area contributed by atoms with Gasteiger partial charge in [0.15, 0.2) is 0 Å². The first-order chi connectivity index (χ1) is 27.4. The maximum Gasteiger partial charge on any atom is 0.0980 e. The lowest BCUT2D eigenvalue weighted by atomic mass is 10.0. The molecule has 0 spiro atoms. The minimum atomic E-state index is 0.949. The average Bonchev–Trinajstić information content (AvgIpc) is 3.71. The van der Waals surface area contributed by atoms with E-state index >= 15 is 0 Å². The lowest BCUT2D eigenvalue weighted by molar-refractivity contribution is 1.28. The van der Waals surface area contributed by atoms with Crippen LogP contribution in [0.5, 0.6) is 0 Å². The first-order valence-electron chi connectivity index (χ1n) is 19.3. The van der Waals surface area contributed by atoms with Crippen LogP contribution in [-0.4, -0.2) is 9.97 Å². The number of benzene rings is 8. The van der Waals surface area contributed by atoms with Crippen molar-refractivity contribution < 1.29 is 0 Å². The van der Waals surface area contributed by atoms with Crippen LogP contribution < -0.4 is 9.80 Å². The summed E-state index contributed by atoms with van der Waals surface area (Å²) in [5.74, 6) is 0. The van der Waals surface area contributed by atoms with Gasteiger partial charge in [0.25, 0.3) is 0 Å². The minimum Gasteiger partial charge on any atom is -0.310 e. The molecule has 0 atom stereocenters. The highest BCUT2D eigenvalue weighted by atomic mass is 15.1. The summed E-state index contributed by atoms with van der Waals surface area (Å²) in [5.41, 5.74) is 15.5. The molecule has 10 aromatic carbocycles. The molecule has 0 aliphatic carbocycles. The van der Waals surface area contributed by atoms with Gasteiger partial charge in [0, 0.05) is 65.8 Å². The lowest BCUT2D eigenvalue weighted by Gasteiger charge is -2.27. The fourth-order valence-electron chi connectivity index (χ4n) is 8.78. The molecule has 0 saturated carbocycles. The summed E-state index contributed by atoms with van der Waals surface area (Å²) in [5, 5.41) is 9.29. The highest BCUT2D eigenvalue weighted by Gasteiger charge is 2.24. The van der Waals surface area contributed by atoms with Crippen molar-refractivity contribution in [2.75, 3.05) is 9.80 Å². The second-order valence-corrected chi connectivity index (χ2v) is 15.4. The lowest BCUT2D eigenvalue weighted by Crippen LogP contribution is -2.10. The number of aromatic nitrogens is 2. The third kappa shape index (κ3) is 4.85. The van der Waals surface area contributed by atoms with Crippen molar-refractivity contribution in [3.8, 4) is 0 Å². The molecule has 4 nitrogen and oxygen atoms in total. The summed E-state index contributed by atoms with van der Waals surface area (Å²) in [6.07, 6.45) is 0. The first-order valence-corrected chi connectivity index (χ1v) is 19.3. The maximum absolute atomic E-state index is 5.54. The molecule has 0 aliphatic rings. The van der Waals surface area contributed by atoms with Gasteiger partial charge in [-0.05, 0) is 100 Å². The summed E-state index contributed by atoms with van der Waals surface area (Å²) in [6, 6.07) is 57.5. The van der Waals surface area contributed by atoms with Crippen LogP contribution in [0.2, 0.25) is 0 Å². The van der Waals surface area contributed by atoms with Crippen LogP contribution in [0.15, 0.2) is 158 Å². The van der Waals surface area contributed by atoms with Gasteiger partial charge in [-0.1, -0.05) is 107 Å². The summed E-state index contributed by atoms with van der Waals surface area (Å²) in [6.45, 7) is 8.54. The molecule has 0 bridgehead atoms. The maximum atomic E-state index is 5.54. The second-order valence-electron chi connectivity index (χ2n) is 15.4. The number of hydrogen-bond donors (Lipinski definition) is 0. The monoisotopic (exact) mass is 718 g/mol. The van der Waals surface area contributed by atoms with E-state index in [4.69, 9.17) is 9.97 Å². The number of hydrogen-bond acceptors (Lipinski definition) is 4. The Morgan fingerprint density at radius 3 is 0.857 bits per heavy atom. The molecule has 0 N–H and O–H groups in total. The second kappa shape index (κ2) is 12.2. The van der Waals surface area contributed by atoms with E-state index in [1.54, 1.807) is 0 Å². The number of rotatable bonds is 6. The molecule has 11 aromatic rings. The molecule has 0 radical (unpaired) electrons. The standard InChI is InChI=1S/C52H38N4/c1-31-11-19-35(20-12-31)55(36-21-13-32(2)14-22-36)45-29-27-43-47-39(45)7-5-9-41(47)49-51(43)54-50-42-10-6-8-40-46(30-28-44(48(40)42)52(50)53-49)56(37-23-15-33(3)16-24-37)38-25-17-34(4)18-26-38/h5-30H,1-4H3. The first kappa shape index (κ1) is 32.4. The van der Waals surface area contributed by atoms with Gasteiger partial charge >= 0.3 is 0 Å². The zero-order valence-electron chi connectivity index (χ0n) is 31.8. The molecule has 0 fully saturated rings. The van der Waals surface area contributed by atoms with Gasteiger partial charge in [0.1, 0.15) is 0 Å². The molecule has 0 amide bonds. The van der Waals surface area contributed by atoms with Gasteiger partial charge in [0.2, 0.25) is 0 Å². The molecule has 0 saturated heterocycles. The summed E-state index contributed by atoms with van der Waals surface area (Å²) in [7, 11) is 0. The SMILES string of the molecule is Cc1ccc(N(c2ccc(C)cc2)c2ccc3c4nc5c6cccc7c(N(c8ccc(C)cc8)c8ccc(C)cc8)ccc(c5nc4c4cccc2c43)c76)cc1. The molecule has 266 valence electrons. The molecular formula is C52H38N4. The van der Waals surface area contributed by atoms with Crippen molar-refractivity contribution in [2.45, 2.75) is 27.7 Å². The number of aryl methyl sites for hydroxylation is 4. The summed E-state index contributed by atoms with van der Waals surface area (Å²) < 4.78 is 0. The molecule has 0 aliphatic heterocycles. The van der Waals surface area contributed by atoms with E-state index in [1.807, 2.05) is 0 Å². The minimum absolute atomic E-state index is 0.949. The van der Waals surface area contributed by atoms with E-state index in [9.17, 15) is 0 Å². The third-order valence-electron chi connectivity index (χ3n) is 11.6. The zero-order chi connectivity index (χ0) is 37.7. The highest BCUT2D eigenvalue weighted by Crippen LogP contribution is 2.48. The van der Waals surface area contributed by atoms with Crippen molar-refractivity contribution in [1.82, 2.24) is 9.97 Å². The Hall–Kier alpha value is -7.04. The highest BCUT2D eigenvalue weighted by molar-refractivity contribution is 6.35. The van der Waals surface area contributed by atoms with E-state index < -0.39 is 0 Å². The van der Waals surface area contributed by atoms with Gasteiger partial charge in [-0.15, -0.1) is 0 Å². The average molecular weight is 719 g/mol. The van der Waals surface area contributed by atoms with Crippen LogP contribution in [0, 0.1) is 27.7 Å². The van der Waals surface area contributed by atoms with E-state index in [0.717, 1.165) is 77.7 Å². The van der Waals surface area contributed by atoms with E-state index in [-0.39, 0.29) is 0 Å². The van der Waals surface area contributed by atoms with Crippen molar-refractivity contribution in [2.24, 2.45) is 0 Å². The quantitative estimate of drug-likeness (QED) is 0.171. The molecule has 1 heterocycles. The number of fused-ring (bicyclic) bond motifs is 6. The van der Waals surface area contributed by atoms with E-state index in [2.05, 4.69) is 195 Å². The number of nitrogens with zero attached hydrogens (tertiary/aromatic N) is 4. The molecule has 11 rings (SSSR count). The number of anilines is 6. The Morgan fingerprint density at radius 2 is 0.554 bits per heavy atom. The van der Waals surface area contributed by atoms with Crippen LogP contribution in [0.25, 0.3) is 65.2 Å². The molecule has 1 aromatic heterocycles. The van der Waals surface area contributed by atoms with Gasteiger partial charge in [-0.2, -0.15) is 0 Å². The zero-order valence-corrected chi connectivity index (χ0v) is 31.8. The fourth-order valence-corrected chi connectivity index (χ4v) is 8.78. The van der Waals surface area contributed by atoms with Crippen LogP contribution in [0.1, 0.15) is 22.3 Å². The molecular weight excluding hydrogens is 681 g/mol. The molecule has 4 heteroatoms. The Bertz CT molecular complexity index is 2890.